The normalized spacial score (nSPS) is 11.3. The van der Waals surface area contributed by atoms with Crippen molar-refractivity contribution in [2.24, 2.45) is 5.10 Å². The maximum absolute atomic E-state index is 12.7. The van der Waals surface area contributed by atoms with Crippen molar-refractivity contribution in [3.63, 3.8) is 0 Å². The van der Waals surface area contributed by atoms with E-state index in [1.165, 1.54) is 49.7 Å². The first-order valence-electron chi connectivity index (χ1n) is 9.57. The summed E-state index contributed by atoms with van der Waals surface area (Å²) < 4.78 is 36.4. The third-order valence-corrected chi connectivity index (χ3v) is 6.49. The molecule has 10 nitrogen and oxygen atoms in total. The number of nitrogens with zero attached hydrogens (tertiary/aromatic N) is 2. The highest BCUT2D eigenvalue weighted by atomic mass is 127. The van der Waals surface area contributed by atoms with Crippen LogP contribution in [0.25, 0.3) is 0 Å². The third kappa shape index (κ3) is 6.08. The number of nitro groups is 1. The number of benzene rings is 3. The molecular formula is C22H18IN3O7S. The van der Waals surface area contributed by atoms with E-state index in [2.05, 4.69) is 10.5 Å². The van der Waals surface area contributed by atoms with Gasteiger partial charge in [-0.25, -0.2) is 5.43 Å². The fraction of sp³-hybridized carbons (Fsp3) is 0.0909. The van der Waals surface area contributed by atoms with E-state index >= 15 is 0 Å². The molecular weight excluding hydrogens is 577 g/mol. The highest BCUT2D eigenvalue weighted by molar-refractivity contribution is 14.1. The van der Waals surface area contributed by atoms with Gasteiger partial charge < -0.3 is 8.92 Å². The summed E-state index contributed by atoms with van der Waals surface area (Å²) in [7, 11) is -2.73. The monoisotopic (exact) mass is 595 g/mol. The van der Waals surface area contributed by atoms with Crippen LogP contribution in [0.3, 0.4) is 0 Å². The number of rotatable bonds is 8. The quantitative estimate of drug-likeness (QED) is 0.136. The van der Waals surface area contributed by atoms with Crippen LogP contribution in [0.4, 0.5) is 5.69 Å². The third-order valence-electron chi connectivity index (χ3n) is 4.45. The SMILES string of the molecule is COc1cc(/C=N\NC(=O)c2cccc([N+](=O)[O-])c2)cc(I)c1OS(=O)(=O)c1ccc(C)cc1. The molecule has 3 aromatic carbocycles. The lowest BCUT2D eigenvalue weighted by Gasteiger charge is -2.13. The number of nitrogens with one attached hydrogen (secondary N) is 1. The summed E-state index contributed by atoms with van der Waals surface area (Å²) in [6.07, 6.45) is 1.32. The van der Waals surface area contributed by atoms with Crippen molar-refractivity contribution in [2.75, 3.05) is 7.11 Å². The average Bonchev–Trinajstić information content (AvgIpc) is 2.80. The Labute approximate surface area is 209 Å². The Balaban J connectivity index is 1.78. The number of carbonyl (C=O) groups excluding carboxylic acids is 1. The first kappa shape index (κ1) is 25.1. The first-order valence-corrected chi connectivity index (χ1v) is 12.1. The Kier molecular flexibility index (Phi) is 7.83. The Bertz CT molecular complexity index is 1370. The largest absolute Gasteiger partial charge is 0.493 e. The van der Waals surface area contributed by atoms with Crippen molar-refractivity contribution >= 4 is 50.5 Å². The van der Waals surface area contributed by atoms with Gasteiger partial charge in [-0.3, -0.25) is 14.9 Å². The van der Waals surface area contributed by atoms with Crippen LogP contribution in [0.1, 0.15) is 21.5 Å². The smallest absolute Gasteiger partial charge is 0.339 e. The molecule has 0 bridgehead atoms. The number of hydrazone groups is 1. The predicted octanol–water partition coefficient (Wildman–Crippen LogP) is 4.05. The molecule has 0 aliphatic heterocycles. The molecule has 0 spiro atoms. The maximum atomic E-state index is 12.7. The minimum atomic E-state index is -4.09. The Morgan fingerprint density at radius 1 is 1.15 bits per heavy atom. The van der Waals surface area contributed by atoms with E-state index in [-0.39, 0.29) is 27.6 Å². The van der Waals surface area contributed by atoms with Crippen molar-refractivity contribution in [3.05, 3.63) is 91.0 Å². The van der Waals surface area contributed by atoms with Gasteiger partial charge in [0.1, 0.15) is 4.90 Å². The molecule has 0 aliphatic rings. The molecule has 1 N–H and O–H groups in total. The molecule has 0 saturated heterocycles. The molecule has 176 valence electrons. The van der Waals surface area contributed by atoms with Crippen LogP contribution in [-0.4, -0.2) is 32.6 Å². The second-order valence-corrected chi connectivity index (χ2v) is 9.60. The van der Waals surface area contributed by atoms with E-state index in [4.69, 9.17) is 8.92 Å². The van der Waals surface area contributed by atoms with Gasteiger partial charge in [-0.15, -0.1) is 0 Å². The van der Waals surface area contributed by atoms with E-state index in [9.17, 15) is 23.3 Å². The maximum Gasteiger partial charge on any atom is 0.339 e. The number of hydrogen-bond donors (Lipinski definition) is 1. The summed E-state index contributed by atoms with van der Waals surface area (Å²) in [6.45, 7) is 1.84. The summed E-state index contributed by atoms with van der Waals surface area (Å²) >= 11 is 1.90. The Morgan fingerprint density at radius 3 is 2.50 bits per heavy atom. The van der Waals surface area contributed by atoms with Crippen LogP contribution >= 0.6 is 22.6 Å². The van der Waals surface area contributed by atoms with Gasteiger partial charge in [0.2, 0.25) is 0 Å². The topological polar surface area (TPSA) is 137 Å². The number of halogens is 1. The first-order chi connectivity index (χ1) is 16.1. The van der Waals surface area contributed by atoms with Gasteiger partial charge in [-0.05, 0) is 65.4 Å². The van der Waals surface area contributed by atoms with Crippen molar-refractivity contribution < 1.29 is 27.1 Å². The molecule has 0 radical (unpaired) electrons. The average molecular weight is 595 g/mol. The van der Waals surface area contributed by atoms with E-state index < -0.39 is 20.9 Å². The molecule has 0 saturated carbocycles. The Hall–Kier alpha value is -3.52. The standard InChI is InChI=1S/C22H18IN3O7S/c1-14-6-8-18(9-7-14)34(30,31)33-21-19(23)10-15(11-20(21)32-2)13-24-25-22(27)16-4-3-5-17(12-16)26(28)29/h3-13H,1-2H3,(H,25,27)/b24-13-. The molecule has 34 heavy (non-hydrogen) atoms. The van der Waals surface area contributed by atoms with Crippen LogP contribution in [-0.2, 0) is 10.1 Å². The Morgan fingerprint density at radius 2 is 1.85 bits per heavy atom. The van der Waals surface area contributed by atoms with Gasteiger partial charge in [0.25, 0.3) is 11.6 Å². The molecule has 0 atom stereocenters. The second kappa shape index (κ2) is 10.6. The van der Waals surface area contributed by atoms with Gasteiger partial charge >= 0.3 is 10.1 Å². The van der Waals surface area contributed by atoms with Crippen LogP contribution in [0, 0.1) is 20.6 Å². The van der Waals surface area contributed by atoms with E-state index in [1.54, 1.807) is 18.2 Å². The van der Waals surface area contributed by atoms with Crippen molar-refractivity contribution in [3.8, 4) is 11.5 Å². The summed E-state index contributed by atoms with van der Waals surface area (Å²) in [5, 5.41) is 14.7. The summed E-state index contributed by atoms with van der Waals surface area (Å²) in [5.41, 5.74) is 3.54. The van der Waals surface area contributed by atoms with Gasteiger partial charge in [0.15, 0.2) is 11.5 Å². The van der Waals surface area contributed by atoms with Crippen molar-refractivity contribution in [2.45, 2.75) is 11.8 Å². The minimum absolute atomic E-state index is 0.00505. The zero-order valence-electron chi connectivity index (χ0n) is 17.9. The summed E-state index contributed by atoms with van der Waals surface area (Å²) in [6, 6.07) is 14.5. The number of methoxy groups -OCH3 is 1. The van der Waals surface area contributed by atoms with Crippen LogP contribution in [0.2, 0.25) is 0 Å². The number of hydrogen-bond acceptors (Lipinski definition) is 8. The lowest BCUT2D eigenvalue weighted by molar-refractivity contribution is -0.384. The van der Waals surface area contributed by atoms with Crippen molar-refractivity contribution in [1.82, 2.24) is 5.43 Å². The fourth-order valence-electron chi connectivity index (χ4n) is 2.75. The highest BCUT2D eigenvalue weighted by Crippen LogP contribution is 2.35. The second-order valence-electron chi connectivity index (χ2n) is 6.89. The number of carbonyl (C=O) groups is 1. The zero-order chi connectivity index (χ0) is 24.9. The fourth-order valence-corrected chi connectivity index (χ4v) is 4.59. The van der Waals surface area contributed by atoms with E-state index in [1.807, 2.05) is 29.5 Å². The van der Waals surface area contributed by atoms with Gasteiger partial charge in [0.05, 0.1) is 21.8 Å². The minimum Gasteiger partial charge on any atom is -0.493 e. The molecule has 0 unspecified atom stereocenters. The van der Waals surface area contributed by atoms with E-state index in [0.717, 1.165) is 11.6 Å². The van der Waals surface area contributed by atoms with Crippen LogP contribution < -0.4 is 14.3 Å². The summed E-state index contributed by atoms with van der Waals surface area (Å²) in [5.74, 6) is -0.471. The highest BCUT2D eigenvalue weighted by Gasteiger charge is 2.22. The lowest BCUT2D eigenvalue weighted by Crippen LogP contribution is -2.17. The number of nitro benzene ring substituents is 1. The van der Waals surface area contributed by atoms with Gasteiger partial charge in [-0.2, -0.15) is 13.5 Å². The molecule has 0 heterocycles. The lowest BCUT2D eigenvalue weighted by atomic mass is 10.2. The predicted molar refractivity (Wildman–Crippen MR) is 133 cm³/mol. The number of ether oxygens (including phenoxy) is 1. The van der Waals surface area contributed by atoms with Crippen molar-refractivity contribution in [1.29, 1.82) is 0 Å². The molecule has 0 aliphatic carbocycles. The molecule has 1 amide bonds. The molecule has 12 heteroatoms. The number of non-ortho nitro benzene ring substituents is 1. The van der Waals surface area contributed by atoms with Crippen LogP contribution in [0.5, 0.6) is 11.5 Å². The number of aryl methyl sites for hydroxylation is 1. The molecule has 0 fully saturated rings. The van der Waals surface area contributed by atoms with Gasteiger partial charge in [0, 0.05) is 17.7 Å². The van der Waals surface area contributed by atoms with Crippen LogP contribution in [0.15, 0.2) is 70.7 Å². The zero-order valence-corrected chi connectivity index (χ0v) is 20.9. The number of amides is 1. The molecule has 3 rings (SSSR count). The van der Waals surface area contributed by atoms with E-state index in [0.29, 0.717) is 9.13 Å². The van der Waals surface area contributed by atoms with Gasteiger partial charge in [-0.1, -0.05) is 23.8 Å². The molecule has 0 aromatic heterocycles. The molecule has 3 aromatic rings. The summed E-state index contributed by atoms with van der Waals surface area (Å²) in [4.78, 5) is 22.5.